The normalized spacial score (nSPS) is 13.5. The third kappa shape index (κ3) is 6.11. The standard InChI is InChI=1S/C56H41N3/c1-38-25-33-51(40-17-7-3-8-18-40)57-52(37-49(38)39-15-5-2-6-16-39)41-26-30-45(31-27-41)59-53-23-13-11-21-46(53)48-32-28-43(36-56(48)59)42-29-34-55-50(35-42)47-22-12-14-24-54(47)58(55)44-19-9-4-10-20-44/h2-24,26-32,34-37H,25,33H2,1H3. The summed E-state index contributed by atoms with van der Waals surface area (Å²) in [7, 11) is 0. The van der Waals surface area contributed by atoms with Crippen LogP contribution in [0.5, 0.6) is 0 Å². The second-order valence-corrected chi connectivity index (χ2v) is 15.6. The van der Waals surface area contributed by atoms with E-state index in [2.05, 4.69) is 222 Å². The molecule has 0 fully saturated rings. The second kappa shape index (κ2) is 14.5. The van der Waals surface area contributed by atoms with Gasteiger partial charge in [0.15, 0.2) is 0 Å². The molecule has 1 aliphatic heterocycles. The molecule has 59 heavy (non-hydrogen) atoms. The van der Waals surface area contributed by atoms with E-state index in [0.717, 1.165) is 35.5 Å². The number of aliphatic imine (C=N–C) groups is 1. The zero-order valence-corrected chi connectivity index (χ0v) is 32.9. The van der Waals surface area contributed by atoms with Gasteiger partial charge in [0.05, 0.1) is 27.8 Å². The summed E-state index contributed by atoms with van der Waals surface area (Å²) in [5, 5.41) is 4.99. The van der Waals surface area contributed by atoms with Gasteiger partial charge >= 0.3 is 0 Å². The molecular formula is C56H41N3. The van der Waals surface area contributed by atoms with Crippen molar-refractivity contribution in [2.24, 2.45) is 4.99 Å². The van der Waals surface area contributed by atoms with Crippen LogP contribution in [0.15, 0.2) is 217 Å². The Bertz CT molecular complexity index is 3290. The lowest BCUT2D eigenvalue weighted by Gasteiger charge is -2.17. The molecule has 10 aromatic rings. The lowest BCUT2D eigenvalue weighted by molar-refractivity contribution is 1.01. The van der Waals surface area contributed by atoms with Gasteiger partial charge < -0.3 is 9.13 Å². The Hall–Kier alpha value is -7.49. The lowest BCUT2D eigenvalue weighted by Crippen LogP contribution is -2.05. The van der Waals surface area contributed by atoms with E-state index in [9.17, 15) is 0 Å². The molecule has 0 aliphatic carbocycles. The molecule has 280 valence electrons. The van der Waals surface area contributed by atoms with E-state index in [4.69, 9.17) is 4.99 Å². The Morgan fingerprint density at radius 1 is 0.373 bits per heavy atom. The molecule has 0 radical (unpaired) electrons. The van der Waals surface area contributed by atoms with Crippen molar-refractivity contribution in [1.29, 1.82) is 0 Å². The first kappa shape index (κ1) is 34.7. The average Bonchev–Trinajstić information content (AvgIpc) is 3.81. The Morgan fingerprint density at radius 2 is 0.881 bits per heavy atom. The number of hydrogen-bond acceptors (Lipinski definition) is 1. The van der Waals surface area contributed by atoms with Crippen LogP contribution in [-0.2, 0) is 0 Å². The fraction of sp³-hybridized carbons (Fsp3) is 0.0536. The Morgan fingerprint density at radius 3 is 1.59 bits per heavy atom. The summed E-state index contributed by atoms with van der Waals surface area (Å²) in [5.74, 6) is 0. The van der Waals surface area contributed by atoms with Crippen LogP contribution in [-0.4, -0.2) is 14.8 Å². The minimum absolute atomic E-state index is 0.882. The van der Waals surface area contributed by atoms with Crippen molar-refractivity contribution < 1.29 is 0 Å². The smallest absolute Gasteiger partial charge is 0.0711 e. The second-order valence-electron chi connectivity index (χ2n) is 15.6. The van der Waals surface area contributed by atoms with Crippen molar-refractivity contribution in [2.75, 3.05) is 0 Å². The number of fused-ring (bicyclic) bond motifs is 6. The van der Waals surface area contributed by atoms with Gasteiger partial charge in [0.2, 0.25) is 0 Å². The molecule has 0 saturated carbocycles. The van der Waals surface area contributed by atoms with E-state index >= 15 is 0 Å². The van der Waals surface area contributed by atoms with Crippen LogP contribution < -0.4 is 0 Å². The summed E-state index contributed by atoms with van der Waals surface area (Å²) < 4.78 is 4.79. The number of hydrogen-bond donors (Lipinski definition) is 0. The van der Waals surface area contributed by atoms with Gasteiger partial charge in [-0.3, -0.25) is 4.99 Å². The van der Waals surface area contributed by atoms with Gasteiger partial charge in [-0.25, -0.2) is 0 Å². The van der Waals surface area contributed by atoms with Gasteiger partial charge in [-0.05, 0) is 108 Å². The maximum absolute atomic E-state index is 5.42. The molecule has 0 unspecified atom stereocenters. The topological polar surface area (TPSA) is 22.2 Å². The first-order chi connectivity index (χ1) is 29.2. The first-order valence-corrected chi connectivity index (χ1v) is 20.5. The van der Waals surface area contributed by atoms with Gasteiger partial charge in [0.25, 0.3) is 0 Å². The van der Waals surface area contributed by atoms with Crippen LogP contribution in [0, 0.1) is 0 Å². The molecule has 0 saturated heterocycles. The van der Waals surface area contributed by atoms with Gasteiger partial charge in [-0.15, -0.1) is 0 Å². The number of aromatic nitrogens is 2. The largest absolute Gasteiger partial charge is 0.309 e. The van der Waals surface area contributed by atoms with E-state index < -0.39 is 0 Å². The van der Waals surface area contributed by atoms with Crippen LogP contribution in [0.3, 0.4) is 0 Å². The van der Waals surface area contributed by atoms with E-state index in [1.807, 2.05) is 0 Å². The van der Waals surface area contributed by atoms with Crippen LogP contribution in [0.4, 0.5) is 0 Å². The first-order valence-electron chi connectivity index (χ1n) is 20.5. The van der Waals surface area contributed by atoms with E-state index in [1.54, 1.807) is 0 Å². The van der Waals surface area contributed by atoms with Crippen molar-refractivity contribution in [3.05, 3.63) is 229 Å². The summed E-state index contributed by atoms with van der Waals surface area (Å²) in [6.07, 6.45) is 4.14. The highest BCUT2D eigenvalue weighted by Crippen LogP contribution is 2.39. The van der Waals surface area contributed by atoms with Crippen molar-refractivity contribution in [1.82, 2.24) is 9.13 Å². The number of para-hydroxylation sites is 3. The van der Waals surface area contributed by atoms with Gasteiger partial charge in [0.1, 0.15) is 0 Å². The minimum atomic E-state index is 0.882. The molecular weight excluding hydrogens is 715 g/mol. The Labute approximate surface area is 344 Å². The fourth-order valence-corrected chi connectivity index (χ4v) is 9.09. The Balaban J connectivity index is 1.04. The molecule has 0 atom stereocenters. The van der Waals surface area contributed by atoms with E-state index in [0.29, 0.717) is 0 Å². The molecule has 0 spiro atoms. The monoisotopic (exact) mass is 755 g/mol. The van der Waals surface area contributed by atoms with E-state index in [-0.39, 0.29) is 0 Å². The lowest BCUT2D eigenvalue weighted by atomic mass is 9.92. The molecule has 3 nitrogen and oxygen atoms in total. The molecule has 0 N–H and O–H groups in total. The highest BCUT2D eigenvalue weighted by atomic mass is 15.0. The molecule has 1 aliphatic rings. The third-order valence-electron chi connectivity index (χ3n) is 12.0. The van der Waals surface area contributed by atoms with Crippen molar-refractivity contribution in [3.63, 3.8) is 0 Å². The molecule has 3 heterocycles. The third-order valence-corrected chi connectivity index (χ3v) is 12.0. The predicted octanol–water partition coefficient (Wildman–Crippen LogP) is 14.6. The highest BCUT2D eigenvalue weighted by molar-refractivity contribution is 6.12. The van der Waals surface area contributed by atoms with Crippen LogP contribution in [0.2, 0.25) is 0 Å². The quantitative estimate of drug-likeness (QED) is 0.161. The summed E-state index contributed by atoms with van der Waals surface area (Å²) in [6.45, 7) is 2.27. The molecule has 11 rings (SSSR count). The fourth-order valence-electron chi connectivity index (χ4n) is 9.09. The molecule has 8 aromatic carbocycles. The minimum Gasteiger partial charge on any atom is -0.309 e. The van der Waals surface area contributed by atoms with Gasteiger partial charge in [-0.2, -0.15) is 0 Å². The van der Waals surface area contributed by atoms with Gasteiger partial charge in [0, 0.05) is 44.2 Å². The molecule has 3 heteroatoms. The number of nitrogens with zero attached hydrogens (tertiary/aromatic N) is 3. The SMILES string of the molecule is CC1=C(c2ccccc2)C=C(c2ccc(-n3c4ccccc4c4ccc(-c5ccc6c(c5)c5ccccc5n6-c5ccccc5)cc43)cc2)N=C(c2ccccc2)CC1. The molecule has 0 bridgehead atoms. The van der Waals surface area contributed by atoms with Crippen LogP contribution in [0.25, 0.3) is 77.4 Å². The van der Waals surface area contributed by atoms with Gasteiger partial charge in [-0.1, -0.05) is 151 Å². The maximum atomic E-state index is 5.42. The molecule has 2 aromatic heterocycles. The van der Waals surface area contributed by atoms with Crippen molar-refractivity contribution >= 4 is 60.6 Å². The summed E-state index contributed by atoms with van der Waals surface area (Å²) in [5.41, 5.74) is 17.7. The summed E-state index contributed by atoms with van der Waals surface area (Å²) in [6, 6.07) is 72.4. The number of allylic oxidation sites excluding steroid dienone is 3. The highest BCUT2D eigenvalue weighted by Gasteiger charge is 2.18. The van der Waals surface area contributed by atoms with Crippen LogP contribution in [0.1, 0.15) is 36.5 Å². The zero-order valence-electron chi connectivity index (χ0n) is 32.9. The van der Waals surface area contributed by atoms with Crippen molar-refractivity contribution in [3.8, 4) is 22.5 Å². The maximum Gasteiger partial charge on any atom is 0.0711 e. The van der Waals surface area contributed by atoms with Crippen molar-refractivity contribution in [2.45, 2.75) is 19.8 Å². The zero-order chi connectivity index (χ0) is 39.3. The Kier molecular flexibility index (Phi) is 8.52. The average molecular weight is 756 g/mol. The molecule has 0 amide bonds. The summed E-state index contributed by atoms with van der Waals surface area (Å²) in [4.78, 5) is 5.42. The van der Waals surface area contributed by atoms with E-state index in [1.165, 1.54) is 82.7 Å². The van der Waals surface area contributed by atoms with Crippen LogP contribution >= 0.6 is 0 Å². The number of benzene rings is 8. The number of rotatable bonds is 6. The summed E-state index contributed by atoms with van der Waals surface area (Å²) >= 11 is 0. The predicted molar refractivity (Wildman–Crippen MR) is 250 cm³/mol.